The first-order chi connectivity index (χ1) is 12.4. The Kier molecular flexibility index (Phi) is 5.25. The maximum atomic E-state index is 13.0. The fourth-order valence-corrected chi connectivity index (χ4v) is 2.46. The molecular weight excluding hydrogens is 382 g/mol. The van der Waals surface area contributed by atoms with Crippen LogP contribution < -0.4 is 15.6 Å². The number of rotatable bonds is 4. The van der Waals surface area contributed by atoms with Gasteiger partial charge in [-0.05, 0) is 36.4 Å². The van der Waals surface area contributed by atoms with Crippen molar-refractivity contribution in [3.63, 3.8) is 0 Å². The third-order valence-corrected chi connectivity index (χ3v) is 4.06. The van der Waals surface area contributed by atoms with Gasteiger partial charge in [-0.1, -0.05) is 23.2 Å². The summed E-state index contributed by atoms with van der Waals surface area (Å²) in [6, 6.07) is 10.8. The first-order valence-corrected chi connectivity index (χ1v) is 8.10. The van der Waals surface area contributed by atoms with Gasteiger partial charge in [0.25, 0.3) is 5.91 Å². The molecule has 0 fully saturated rings. The summed E-state index contributed by atoms with van der Waals surface area (Å²) in [4.78, 5) is 26.4. The van der Waals surface area contributed by atoms with Gasteiger partial charge in [0.2, 0.25) is 5.56 Å². The molecule has 132 valence electrons. The SMILES string of the molecule is O=C(Nc1cc[nH]c(=O)c1)c1cc(Cl)c(Cl)cc1Oc1ccc(F)cc1. The van der Waals surface area contributed by atoms with Gasteiger partial charge >= 0.3 is 0 Å². The number of aromatic nitrogens is 1. The third kappa shape index (κ3) is 4.22. The molecule has 0 unspecified atom stereocenters. The van der Waals surface area contributed by atoms with Crippen LogP contribution in [-0.4, -0.2) is 10.9 Å². The quantitative estimate of drug-likeness (QED) is 0.665. The van der Waals surface area contributed by atoms with E-state index in [-0.39, 0.29) is 26.9 Å². The molecule has 0 aliphatic carbocycles. The zero-order chi connectivity index (χ0) is 18.7. The van der Waals surface area contributed by atoms with Crippen molar-refractivity contribution in [2.24, 2.45) is 0 Å². The van der Waals surface area contributed by atoms with E-state index in [4.69, 9.17) is 27.9 Å². The lowest BCUT2D eigenvalue weighted by Gasteiger charge is -2.13. The molecule has 0 radical (unpaired) electrons. The van der Waals surface area contributed by atoms with Crippen LogP contribution in [0, 0.1) is 5.82 Å². The summed E-state index contributed by atoms with van der Waals surface area (Å²) in [5, 5.41) is 2.93. The zero-order valence-electron chi connectivity index (χ0n) is 13.1. The van der Waals surface area contributed by atoms with Crippen molar-refractivity contribution >= 4 is 34.8 Å². The highest BCUT2D eigenvalue weighted by Crippen LogP contribution is 2.34. The third-order valence-electron chi connectivity index (χ3n) is 3.34. The van der Waals surface area contributed by atoms with Crippen molar-refractivity contribution in [2.45, 2.75) is 0 Å². The predicted octanol–water partition coefficient (Wildman–Crippen LogP) is 4.87. The second-order valence-corrected chi connectivity index (χ2v) is 6.03. The molecule has 0 saturated heterocycles. The molecule has 1 amide bonds. The van der Waals surface area contributed by atoms with E-state index in [0.717, 1.165) is 0 Å². The molecule has 2 N–H and O–H groups in total. The summed E-state index contributed by atoms with van der Waals surface area (Å²) in [7, 11) is 0. The highest BCUT2D eigenvalue weighted by molar-refractivity contribution is 6.42. The lowest BCUT2D eigenvalue weighted by atomic mass is 10.1. The normalized spacial score (nSPS) is 10.4. The number of ether oxygens (including phenoxy) is 1. The highest BCUT2D eigenvalue weighted by Gasteiger charge is 2.17. The van der Waals surface area contributed by atoms with E-state index in [9.17, 15) is 14.0 Å². The molecule has 26 heavy (non-hydrogen) atoms. The number of nitrogens with one attached hydrogen (secondary N) is 2. The molecule has 0 aliphatic rings. The van der Waals surface area contributed by atoms with E-state index in [1.165, 1.54) is 54.7 Å². The Balaban J connectivity index is 1.94. The Labute approximate surface area is 157 Å². The van der Waals surface area contributed by atoms with Crippen LogP contribution in [0.2, 0.25) is 10.0 Å². The number of anilines is 1. The van der Waals surface area contributed by atoms with Gasteiger partial charge in [-0.15, -0.1) is 0 Å². The number of hydrogen-bond acceptors (Lipinski definition) is 3. The number of H-pyrrole nitrogens is 1. The average molecular weight is 393 g/mol. The van der Waals surface area contributed by atoms with E-state index < -0.39 is 11.7 Å². The Hall–Kier alpha value is -2.83. The van der Waals surface area contributed by atoms with Crippen molar-refractivity contribution in [2.75, 3.05) is 5.32 Å². The summed E-state index contributed by atoms with van der Waals surface area (Å²) in [5.74, 6) is -0.520. The van der Waals surface area contributed by atoms with Crippen LogP contribution >= 0.6 is 23.2 Å². The van der Waals surface area contributed by atoms with E-state index in [0.29, 0.717) is 11.4 Å². The zero-order valence-corrected chi connectivity index (χ0v) is 14.6. The number of aromatic amines is 1. The maximum absolute atomic E-state index is 13.0. The molecule has 1 aromatic heterocycles. The second-order valence-electron chi connectivity index (χ2n) is 5.21. The van der Waals surface area contributed by atoms with Gasteiger partial charge in [0.05, 0.1) is 15.6 Å². The van der Waals surface area contributed by atoms with E-state index in [1.54, 1.807) is 0 Å². The van der Waals surface area contributed by atoms with Gasteiger partial charge in [-0.25, -0.2) is 4.39 Å². The minimum absolute atomic E-state index is 0.101. The number of carbonyl (C=O) groups excluding carboxylic acids is 1. The van der Waals surface area contributed by atoms with Gasteiger partial charge in [0.1, 0.15) is 17.3 Å². The molecular formula is C18H11Cl2FN2O3. The van der Waals surface area contributed by atoms with Crippen molar-refractivity contribution in [1.82, 2.24) is 4.98 Å². The second kappa shape index (κ2) is 7.59. The summed E-state index contributed by atoms with van der Waals surface area (Å²) < 4.78 is 18.7. The largest absolute Gasteiger partial charge is 0.456 e. The number of benzene rings is 2. The average Bonchev–Trinajstić information content (AvgIpc) is 2.60. The molecule has 0 atom stereocenters. The van der Waals surface area contributed by atoms with Gasteiger partial charge in [0, 0.05) is 24.0 Å². The van der Waals surface area contributed by atoms with Crippen LogP contribution in [0.25, 0.3) is 0 Å². The smallest absolute Gasteiger partial charge is 0.259 e. The van der Waals surface area contributed by atoms with Gasteiger partial charge < -0.3 is 15.0 Å². The van der Waals surface area contributed by atoms with Crippen molar-refractivity contribution in [3.8, 4) is 11.5 Å². The Bertz CT molecular complexity index is 1020. The van der Waals surface area contributed by atoms with Crippen LogP contribution in [0.5, 0.6) is 11.5 Å². The van der Waals surface area contributed by atoms with Crippen LogP contribution in [0.15, 0.2) is 59.5 Å². The first-order valence-electron chi connectivity index (χ1n) is 7.35. The fourth-order valence-electron chi connectivity index (χ4n) is 2.14. The highest BCUT2D eigenvalue weighted by atomic mass is 35.5. The topological polar surface area (TPSA) is 71.2 Å². The van der Waals surface area contributed by atoms with Crippen LogP contribution in [0.4, 0.5) is 10.1 Å². The van der Waals surface area contributed by atoms with Crippen molar-refractivity contribution in [1.29, 1.82) is 0 Å². The van der Waals surface area contributed by atoms with E-state index >= 15 is 0 Å². The van der Waals surface area contributed by atoms with Crippen LogP contribution in [0.1, 0.15) is 10.4 Å². The number of pyridine rings is 1. The molecule has 0 aliphatic heterocycles. The van der Waals surface area contributed by atoms with Crippen molar-refractivity contribution in [3.05, 3.63) is 86.5 Å². The lowest BCUT2D eigenvalue weighted by Crippen LogP contribution is -2.15. The molecule has 5 nitrogen and oxygen atoms in total. The monoisotopic (exact) mass is 392 g/mol. The van der Waals surface area contributed by atoms with Crippen LogP contribution in [-0.2, 0) is 0 Å². The van der Waals surface area contributed by atoms with E-state index in [1.807, 2.05) is 0 Å². The summed E-state index contributed by atoms with van der Waals surface area (Å²) in [5.41, 5.74) is 0.0429. The Morgan fingerprint density at radius 2 is 1.73 bits per heavy atom. The molecule has 1 heterocycles. The summed E-state index contributed by atoms with van der Waals surface area (Å²) in [6.45, 7) is 0. The predicted molar refractivity (Wildman–Crippen MR) is 98.0 cm³/mol. The molecule has 0 bridgehead atoms. The maximum Gasteiger partial charge on any atom is 0.259 e. The van der Waals surface area contributed by atoms with Gasteiger partial charge in [-0.3, -0.25) is 9.59 Å². The van der Waals surface area contributed by atoms with Crippen LogP contribution in [0.3, 0.4) is 0 Å². The minimum atomic E-state index is -0.550. The van der Waals surface area contributed by atoms with Gasteiger partial charge in [-0.2, -0.15) is 0 Å². The minimum Gasteiger partial charge on any atom is -0.456 e. The lowest BCUT2D eigenvalue weighted by molar-refractivity contribution is 0.102. The van der Waals surface area contributed by atoms with E-state index in [2.05, 4.69) is 10.3 Å². The number of hydrogen-bond donors (Lipinski definition) is 2. The molecule has 8 heteroatoms. The number of halogens is 3. The summed E-state index contributed by atoms with van der Waals surface area (Å²) >= 11 is 12.0. The molecule has 0 spiro atoms. The van der Waals surface area contributed by atoms with Crippen molar-refractivity contribution < 1.29 is 13.9 Å². The number of carbonyl (C=O) groups is 1. The Morgan fingerprint density at radius 1 is 1.04 bits per heavy atom. The molecule has 2 aromatic carbocycles. The van der Waals surface area contributed by atoms with Gasteiger partial charge in [0.15, 0.2) is 0 Å². The first kappa shape index (κ1) is 18.0. The fraction of sp³-hybridized carbons (Fsp3) is 0. The molecule has 3 rings (SSSR count). The number of amides is 1. The Morgan fingerprint density at radius 3 is 2.42 bits per heavy atom. The summed E-state index contributed by atoms with van der Waals surface area (Å²) in [6.07, 6.45) is 1.41. The molecule has 0 saturated carbocycles. The standard InChI is InChI=1S/C18H11Cl2FN2O3/c19-14-8-13(18(25)23-11-5-6-22-17(24)7-11)16(9-15(14)20)26-12-3-1-10(21)2-4-12/h1-9H,(H2,22,23,24,25). The molecule has 3 aromatic rings.